The molecule has 124 valence electrons. The lowest BCUT2D eigenvalue weighted by atomic mass is 9.88. The summed E-state index contributed by atoms with van der Waals surface area (Å²) in [5.74, 6) is -0.228. The lowest BCUT2D eigenvalue weighted by Crippen LogP contribution is -2.49. The molecule has 1 amide bonds. The van der Waals surface area contributed by atoms with Crippen molar-refractivity contribution in [1.82, 2.24) is 14.7 Å². The Kier molecular flexibility index (Phi) is 4.69. The van der Waals surface area contributed by atoms with E-state index in [2.05, 4.69) is 5.10 Å². The van der Waals surface area contributed by atoms with Gasteiger partial charge >= 0.3 is 12.6 Å². The van der Waals surface area contributed by atoms with Gasteiger partial charge in [-0.25, -0.2) is 9.48 Å². The van der Waals surface area contributed by atoms with Crippen LogP contribution in [0.3, 0.4) is 0 Å². The van der Waals surface area contributed by atoms with E-state index in [4.69, 9.17) is 10.5 Å². The number of hydrogen-bond donors (Lipinski definition) is 1. The van der Waals surface area contributed by atoms with Crippen molar-refractivity contribution in [2.45, 2.75) is 51.3 Å². The number of nitrogens with two attached hydrogens (primary N) is 1. The maximum atomic E-state index is 12.6. The number of carbonyl (C=O) groups is 1. The first kappa shape index (κ1) is 16.7. The molecule has 0 unspecified atom stereocenters. The molecule has 22 heavy (non-hydrogen) atoms. The van der Waals surface area contributed by atoms with Crippen LogP contribution in [0.15, 0.2) is 12.4 Å². The largest absolute Gasteiger partial charge is 0.444 e. The average molecular weight is 316 g/mol. The number of piperidine rings is 1. The molecule has 2 rings (SSSR count). The summed E-state index contributed by atoms with van der Waals surface area (Å²) in [6, 6.07) is -0.200. The predicted molar refractivity (Wildman–Crippen MR) is 76.6 cm³/mol. The number of rotatable bonds is 2. The van der Waals surface area contributed by atoms with Crippen LogP contribution in [0.5, 0.6) is 0 Å². The second-order valence-electron chi connectivity index (χ2n) is 6.52. The summed E-state index contributed by atoms with van der Waals surface area (Å²) in [5.41, 5.74) is 6.12. The van der Waals surface area contributed by atoms with Gasteiger partial charge in [-0.2, -0.15) is 13.9 Å². The highest BCUT2D eigenvalue weighted by molar-refractivity contribution is 5.68. The molecule has 8 heteroatoms. The van der Waals surface area contributed by atoms with Crippen molar-refractivity contribution < 1.29 is 18.3 Å². The quantitative estimate of drug-likeness (QED) is 0.909. The number of alkyl halides is 2. The fraction of sp³-hybridized carbons (Fsp3) is 0.714. The smallest absolute Gasteiger partial charge is 0.410 e. The minimum absolute atomic E-state index is 0.200. The maximum absolute atomic E-state index is 12.6. The second kappa shape index (κ2) is 6.20. The monoisotopic (exact) mass is 316 g/mol. The molecule has 0 radical (unpaired) electrons. The van der Waals surface area contributed by atoms with Crippen LogP contribution in [0.2, 0.25) is 0 Å². The molecule has 0 saturated carbocycles. The Bertz CT molecular complexity index is 527. The van der Waals surface area contributed by atoms with Gasteiger partial charge in [-0.15, -0.1) is 0 Å². The Labute approximate surface area is 128 Å². The summed E-state index contributed by atoms with van der Waals surface area (Å²) >= 11 is 0. The van der Waals surface area contributed by atoms with Crippen molar-refractivity contribution in [3.8, 4) is 0 Å². The van der Waals surface area contributed by atoms with E-state index in [1.807, 2.05) is 0 Å². The molecule has 0 spiro atoms. The molecular formula is C14H22F2N4O2. The average Bonchev–Trinajstić information content (AvgIpc) is 2.86. The van der Waals surface area contributed by atoms with E-state index in [9.17, 15) is 13.6 Å². The number of nitrogens with zero attached hydrogens (tertiary/aromatic N) is 3. The third kappa shape index (κ3) is 3.94. The minimum Gasteiger partial charge on any atom is -0.444 e. The van der Waals surface area contributed by atoms with Crippen LogP contribution >= 0.6 is 0 Å². The predicted octanol–water partition coefficient (Wildman–Crippen LogP) is 2.33. The zero-order valence-electron chi connectivity index (χ0n) is 13.0. The molecule has 1 aliphatic rings. The third-order valence-corrected chi connectivity index (χ3v) is 3.57. The molecule has 2 atom stereocenters. The fourth-order valence-corrected chi connectivity index (χ4v) is 2.47. The Balaban J connectivity index is 2.09. The van der Waals surface area contributed by atoms with E-state index in [0.29, 0.717) is 29.8 Å². The lowest BCUT2D eigenvalue weighted by Gasteiger charge is -2.37. The van der Waals surface area contributed by atoms with Gasteiger partial charge in [0.15, 0.2) is 0 Å². The van der Waals surface area contributed by atoms with Gasteiger partial charge in [0.2, 0.25) is 0 Å². The third-order valence-electron chi connectivity index (χ3n) is 3.57. The van der Waals surface area contributed by atoms with E-state index < -0.39 is 18.2 Å². The van der Waals surface area contributed by atoms with Gasteiger partial charge < -0.3 is 15.4 Å². The molecule has 0 aliphatic carbocycles. The van der Waals surface area contributed by atoms with Crippen molar-refractivity contribution in [2.24, 2.45) is 5.73 Å². The maximum Gasteiger partial charge on any atom is 0.410 e. The fourth-order valence-electron chi connectivity index (χ4n) is 2.47. The van der Waals surface area contributed by atoms with Gasteiger partial charge in [0.1, 0.15) is 5.60 Å². The van der Waals surface area contributed by atoms with Gasteiger partial charge in [0.05, 0.1) is 6.20 Å². The second-order valence-corrected chi connectivity index (χ2v) is 6.52. The molecule has 1 fully saturated rings. The van der Waals surface area contributed by atoms with Crippen molar-refractivity contribution in [3.63, 3.8) is 0 Å². The van der Waals surface area contributed by atoms with Crippen molar-refractivity contribution in [1.29, 1.82) is 0 Å². The molecule has 1 aromatic heterocycles. The molecule has 1 aliphatic heterocycles. The Hall–Kier alpha value is -1.70. The summed E-state index contributed by atoms with van der Waals surface area (Å²) in [4.78, 5) is 13.7. The zero-order chi connectivity index (χ0) is 16.5. The van der Waals surface area contributed by atoms with Crippen molar-refractivity contribution >= 4 is 6.09 Å². The number of amides is 1. The van der Waals surface area contributed by atoms with Crippen LogP contribution in [-0.2, 0) is 4.74 Å². The number of carbonyl (C=O) groups excluding carboxylic acids is 1. The molecule has 1 aromatic rings. The summed E-state index contributed by atoms with van der Waals surface area (Å²) in [5, 5.41) is 3.63. The zero-order valence-corrected chi connectivity index (χ0v) is 13.0. The first-order chi connectivity index (χ1) is 10.2. The molecule has 0 bridgehead atoms. The van der Waals surface area contributed by atoms with Crippen LogP contribution in [0.25, 0.3) is 0 Å². The highest BCUT2D eigenvalue weighted by atomic mass is 19.3. The molecule has 1 saturated heterocycles. The molecular weight excluding hydrogens is 294 g/mol. The van der Waals surface area contributed by atoms with Crippen LogP contribution in [-0.4, -0.2) is 45.5 Å². The minimum atomic E-state index is -2.68. The van der Waals surface area contributed by atoms with Gasteiger partial charge in [-0.05, 0) is 32.8 Å². The summed E-state index contributed by atoms with van der Waals surface area (Å²) in [6.07, 6.45) is 2.85. The molecule has 2 heterocycles. The first-order valence-electron chi connectivity index (χ1n) is 7.23. The number of ether oxygens (including phenoxy) is 1. The Morgan fingerprint density at radius 1 is 1.50 bits per heavy atom. The van der Waals surface area contributed by atoms with E-state index in [1.54, 1.807) is 25.7 Å². The van der Waals surface area contributed by atoms with E-state index in [-0.39, 0.29) is 12.0 Å². The standard InChI is InChI=1S/C14H22F2N4O2/c1-14(2,3)22-13(21)19-5-4-11(17)10(8-19)9-6-18-20(7-9)12(15)16/h6-7,10-12H,4-5,8,17H2,1-3H3/t10-,11+/m0/s1. The van der Waals surface area contributed by atoms with Crippen LogP contribution in [0.4, 0.5) is 13.6 Å². The van der Waals surface area contributed by atoms with Crippen LogP contribution in [0.1, 0.15) is 45.2 Å². The van der Waals surface area contributed by atoms with Crippen LogP contribution < -0.4 is 5.73 Å². The summed E-state index contributed by atoms with van der Waals surface area (Å²) < 4.78 is 31.2. The highest BCUT2D eigenvalue weighted by Crippen LogP contribution is 2.27. The summed E-state index contributed by atoms with van der Waals surface area (Å²) in [6.45, 7) is 3.54. The SMILES string of the molecule is CC(C)(C)OC(=O)N1CC[C@@H](N)[C@H](c2cnn(C(F)F)c2)C1. The molecule has 0 aromatic carbocycles. The lowest BCUT2D eigenvalue weighted by molar-refractivity contribution is 0.0185. The van der Waals surface area contributed by atoms with Gasteiger partial charge in [0.25, 0.3) is 0 Å². The normalized spacial score (nSPS) is 23.0. The highest BCUT2D eigenvalue weighted by Gasteiger charge is 2.33. The van der Waals surface area contributed by atoms with Crippen molar-refractivity contribution in [3.05, 3.63) is 18.0 Å². The van der Waals surface area contributed by atoms with E-state index in [1.165, 1.54) is 12.4 Å². The number of hydrogen-bond acceptors (Lipinski definition) is 4. The molecule has 6 nitrogen and oxygen atoms in total. The Morgan fingerprint density at radius 3 is 2.73 bits per heavy atom. The van der Waals surface area contributed by atoms with Gasteiger partial charge in [-0.1, -0.05) is 0 Å². The van der Waals surface area contributed by atoms with Crippen LogP contribution in [0, 0.1) is 0 Å². The van der Waals surface area contributed by atoms with Crippen molar-refractivity contribution in [2.75, 3.05) is 13.1 Å². The van der Waals surface area contributed by atoms with E-state index in [0.717, 1.165) is 0 Å². The Morgan fingerprint density at radius 2 is 2.18 bits per heavy atom. The number of aromatic nitrogens is 2. The van der Waals surface area contributed by atoms with Gasteiger partial charge in [-0.3, -0.25) is 0 Å². The molecule has 2 N–H and O–H groups in total. The number of likely N-dealkylation sites (tertiary alicyclic amines) is 1. The number of halogens is 2. The van der Waals surface area contributed by atoms with E-state index >= 15 is 0 Å². The summed E-state index contributed by atoms with van der Waals surface area (Å²) in [7, 11) is 0. The first-order valence-corrected chi connectivity index (χ1v) is 7.23. The van der Waals surface area contributed by atoms with Gasteiger partial charge in [0, 0.05) is 31.2 Å². The topological polar surface area (TPSA) is 73.4 Å².